The minimum atomic E-state index is -0.311. The van der Waals surface area contributed by atoms with Crippen molar-refractivity contribution in [1.82, 2.24) is 0 Å². The van der Waals surface area contributed by atoms with Crippen LogP contribution in [0.1, 0.15) is 0 Å². The van der Waals surface area contributed by atoms with Crippen molar-refractivity contribution < 1.29 is 14.3 Å². The van der Waals surface area contributed by atoms with E-state index in [4.69, 9.17) is 26.8 Å². The fraction of sp³-hybridized carbons (Fsp3) is 0.133. The van der Waals surface area contributed by atoms with Gasteiger partial charge in [-0.25, -0.2) is 0 Å². The Labute approximate surface area is 127 Å². The van der Waals surface area contributed by atoms with Crippen LogP contribution in [-0.2, 0) is 4.79 Å². The van der Waals surface area contributed by atoms with Gasteiger partial charge in [-0.2, -0.15) is 0 Å². The van der Waals surface area contributed by atoms with Crippen molar-refractivity contribution >= 4 is 28.9 Å². The second-order valence-corrected chi connectivity index (χ2v) is 4.66. The lowest BCUT2D eigenvalue weighted by Crippen LogP contribution is -2.20. The zero-order chi connectivity index (χ0) is 15.2. The number of ether oxygens (including phenoxy) is 2. The van der Waals surface area contributed by atoms with Crippen LogP contribution in [0.4, 0.5) is 11.4 Å². The van der Waals surface area contributed by atoms with Crippen LogP contribution < -0.4 is 20.5 Å². The fourth-order valence-electron chi connectivity index (χ4n) is 1.73. The number of rotatable bonds is 5. The van der Waals surface area contributed by atoms with Crippen LogP contribution in [0.3, 0.4) is 0 Å². The summed E-state index contributed by atoms with van der Waals surface area (Å²) in [4.78, 5) is 11.9. The van der Waals surface area contributed by atoms with Crippen molar-refractivity contribution in [2.45, 2.75) is 0 Å². The molecule has 0 aromatic heterocycles. The normalized spacial score (nSPS) is 10.0. The monoisotopic (exact) mass is 306 g/mol. The molecule has 21 heavy (non-hydrogen) atoms. The maximum absolute atomic E-state index is 11.9. The smallest absolute Gasteiger partial charge is 0.262 e. The van der Waals surface area contributed by atoms with Crippen molar-refractivity contribution in [3.05, 3.63) is 47.5 Å². The largest absolute Gasteiger partial charge is 0.495 e. The summed E-state index contributed by atoms with van der Waals surface area (Å²) < 4.78 is 10.5. The van der Waals surface area contributed by atoms with Crippen molar-refractivity contribution in [1.29, 1.82) is 0 Å². The number of carbonyl (C=O) groups excluding carboxylic acids is 1. The van der Waals surface area contributed by atoms with Crippen LogP contribution in [0.5, 0.6) is 11.5 Å². The zero-order valence-corrected chi connectivity index (χ0v) is 12.2. The summed E-state index contributed by atoms with van der Waals surface area (Å²) >= 11 is 5.79. The lowest BCUT2D eigenvalue weighted by atomic mass is 10.3. The van der Waals surface area contributed by atoms with E-state index in [0.29, 0.717) is 27.9 Å². The number of nitrogens with one attached hydrogen (secondary N) is 1. The molecule has 0 saturated carbocycles. The van der Waals surface area contributed by atoms with Gasteiger partial charge in [0.2, 0.25) is 0 Å². The topological polar surface area (TPSA) is 73.6 Å². The van der Waals surface area contributed by atoms with Crippen LogP contribution in [0.25, 0.3) is 0 Å². The van der Waals surface area contributed by atoms with Crippen LogP contribution in [0, 0.1) is 0 Å². The maximum Gasteiger partial charge on any atom is 0.262 e. The average Bonchev–Trinajstić information content (AvgIpc) is 2.47. The number of halogens is 1. The van der Waals surface area contributed by atoms with E-state index in [9.17, 15) is 4.79 Å². The van der Waals surface area contributed by atoms with Crippen LogP contribution >= 0.6 is 11.6 Å². The first-order chi connectivity index (χ1) is 10.1. The Kier molecular flexibility index (Phi) is 4.90. The van der Waals surface area contributed by atoms with Crippen LogP contribution in [-0.4, -0.2) is 19.6 Å². The van der Waals surface area contributed by atoms with Gasteiger partial charge in [0.1, 0.15) is 11.5 Å². The number of nitrogen functional groups attached to an aromatic ring is 1. The average molecular weight is 307 g/mol. The highest BCUT2D eigenvalue weighted by Crippen LogP contribution is 2.25. The second-order valence-electron chi connectivity index (χ2n) is 4.22. The number of hydrogen-bond acceptors (Lipinski definition) is 4. The molecule has 0 fully saturated rings. The number of hydrogen-bond donors (Lipinski definition) is 2. The van der Waals surface area contributed by atoms with Gasteiger partial charge < -0.3 is 20.5 Å². The SMILES string of the molecule is COc1ccccc1NC(=O)COc1ccc(Cl)cc1N. The third kappa shape index (κ3) is 4.03. The number of carbonyl (C=O) groups is 1. The van der Waals surface area contributed by atoms with E-state index < -0.39 is 0 Å². The van der Waals surface area contributed by atoms with Gasteiger partial charge in [-0.3, -0.25) is 4.79 Å². The van der Waals surface area contributed by atoms with E-state index in [2.05, 4.69) is 5.32 Å². The lowest BCUT2D eigenvalue weighted by molar-refractivity contribution is -0.118. The van der Waals surface area contributed by atoms with Gasteiger partial charge in [-0.15, -0.1) is 0 Å². The lowest BCUT2D eigenvalue weighted by Gasteiger charge is -2.11. The Morgan fingerprint density at radius 3 is 2.71 bits per heavy atom. The molecule has 5 nitrogen and oxygen atoms in total. The van der Waals surface area contributed by atoms with Crippen LogP contribution in [0.15, 0.2) is 42.5 Å². The predicted octanol–water partition coefficient (Wildman–Crippen LogP) is 2.95. The van der Waals surface area contributed by atoms with Crippen molar-refractivity contribution in [2.24, 2.45) is 0 Å². The van der Waals surface area contributed by atoms with Gasteiger partial charge in [-0.1, -0.05) is 23.7 Å². The molecule has 2 aromatic carbocycles. The molecule has 0 radical (unpaired) electrons. The summed E-state index contributed by atoms with van der Waals surface area (Å²) in [5.74, 6) is 0.681. The van der Waals surface area contributed by atoms with Gasteiger partial charge in [0.15, 0.2) is 6.61 Å². The van der Waals surface area contributed by atoms with Gasteiger partial charge in [0.05, 0.1) is 18.5 Å². The summed E-state index contributed by atoms with van der Waals surface area (Å²) in [6, 6.07) is 11.9. The Morgan fingerprint density at radius 2 is 2.00 bits per heavy atom. The molecular weight excluding hydrogens is 292 g/mol. The molecule has 3 N–H and O–H groups in total. The number of para-hydroxylation sites is 2. The molecule has 2 aromatic rings. The standard InChI is InChI=1S/C15H15ClN2O3/c1-20-14-5-3-2-4-12(14)18-15(19)9-21-13-7-6-10(16)8-11(13)17/h2-8H,9,17H2,1H3,(H,18,19). The molecule has 6 heteroatoms. The van der Waals surface area contributed by atoms with Gasteiger partial charge in [-0.05, 0) is 30.3 Å². The molecule has 0 unspecified atom stereocenters. The van der Waals surface area contributed by atoms with Crippen LogP contribution in [0.2, 0.25) is 5.02 Å². The van der Waals surface area contributed by atoms with Gasteiger partial charge >= 0.3 is 0 Å². The van der Waals surface area contributed by atoms with Crippen molar-refractivity contribution in [3.8, 4) is 11.5 Å². The fourth-order valence-corrected chi connectivity index (χ4v) is 1.91. The highest BCUT2D eigenvalue weighted by molar-refractivity contribution is 6.30. The molecule has 0 aliphatic heterocycles. The number of anilines is 2. The van der Waals surface area contributed by atoms with E-state index in [0.717, 1.165) is 0 Å². The van der Waals surface area contributed by atoms with Gasteiger partial charge in [0.25, 0.3) is 5.91 Å². The van der Waals surface area contributed by atoms with E-state index in [-0.39, 0.29) is 12.5 Å². The first-order valence-corrected chi connectivity index (χ1v) is 6.58. The quantitative estimate of drug-likeness (QED) is 0.833. The number of benzene rings is 2. The minimum Gasteiger partial charge on any atom is -0.495 e. The molecule has 0 saturated heterocycles. The minimum absolute atomic E-state index is 0.163. The first kappa shape index (κ1) is 15.0. The number of methoxy groups -OCH3 is 1. The summed E-state index contributed by atoms with van der Waals surface area (Å²) in [6.07, 6.45) is 0. The summed E-state index contributed by atoms with van der Waals surface area (Å²) in [7, 11) is 1.54. The molecule has 2 rings (SSSR count). The predicted molar refractivity (Wildman–Crippen MR) is 83.0 cm³/mol. The third-order valence-electron chi connectivity index (χ3n) is 2.71. The van der Waals surface area contributed by atoms with E-state index in [1.807, 2.05) is 6.07 Å². The van der Waals surface area contributed by atoms with E-state index in [1.54, 1.807) is 36.4 Å². The molecular formula is C15H15ClN2O3. The number of nitrogens with two attached hydrogens (primary N) is 1. The molecule has 0 bridgehead atoms. The maximum atomic E-state index is 11.9. The molecule has 0 spiro atoms. The summed E-state index contributed by atoms with van der Waals surface area (Å²) in [5, 5.41) is 3.22. The molecule has 0 aliphatic carbocycles. The molecule has 1 amide bonds. The van der Waals surface area contributed by atoms with Gasteiger partial charge in [0, 0.05) is 5.02 Å². The van der Waals surface area contributed by atoms with E-state index >= 15 is 0 Å². The molecule has 0 heterocycles. The Morgan fingerprint density at radius 1 is 1.24 bits per heavy atom. The zero-order valence-electron chi connectivity index (χ0n) is 11.4. The summed E-state index contributed by atoms with van der Waals surface area (Å²) in [5.41, 5.74) is 6.71. The highest BCUT2D eigenvalue weighted by Gasteiger charge is 2.09. The van der Waals surface area contributed by atoms with Crippen molar-refractivity contribution in [2.75, 3.05) is 24.8 Å². The molecule has 0 atom stereocenters. The molecule has 0 aliphatic rings. The summed E-state index contributed by atoms with van der Waals surface area (Å²) in [6.45, 7) is -0.163. The first-order valence-electron chi connectivity index (χ1n) is 6.21. The highest BCUT2D eigenvalue weighted by atomic mass is 35.5. The Hall–Kier alpha value is -2.40. The van der Waals surface area contributed by atoms with E-state index in [1.165, 1.54) is 7.11 Å². The number of amides is 1. The molecule has 110 valence electrons. The second kappa shape index (κ2) is 6.85. The van der Waals surface area contributed by atoms with Crippen molar-refractivity contribution in [3.63, 3.8) is 0 Å². The Balaban J connectivity index is 1.96. The Bertz CT molecular complexity index is 647. The third-order valence-corrected chi connectivity index (χ3v) is 2.95.